The van der Waals surface area contributed by atoms with Crippen molar-refractivity contribution in [2.45, 2.75) is 25.9 Å². The molecule has 1 aromatic carbocycles. The van der Waals surface area contributed by atoms with Gasteiger partial charge >= 0.3 is 6.03 Å². The number of benzene rings is 1. The zero-order chi connectivity index (χ0) is 16.2. The van der Waals surface area contributed by atoms with Crippen molar-refractivity contribution < 1.29 is 9.53 Å². The van der Waals surface area contributed by atoms with Gasteiger partial charge in [-0.3, -0.25) is 5.32 Å². The van der Waals surface area contributed by atoms with Crippen LogP contribution in [0.5, 0.6) is 5.75 Å². The molecule has 0 aliphatic carbocycles. The first-order valence-corrected chi connectivity index (χ1v) is 8.76. The van der Waals surface area contributed by atoms with Crippen LogP contribution in [0.1, 0.15) is 18.5 Å². The van der Waals surface area contributed by atoms with Gasteiger partial charge in [0, 0.05) is 36.3 Å². The molecular weight excluding hydrogens is 334 g/mol. The molecule has 0 unspecified atom stereocenters. The minimum atomic E-state index is -0.0967. The fourth-order valence-corrected chi connectivity index (χ4v) is 3.35. The molecule has 1 aliphatic rings. The molecule has 0 atom stereocenters. The fourth-order valence-electron chi connectivity index (χ4n) is 2.49. The Morgan fingerprint density at radius 3 is 2.87 bits per heavy atom. The van der Waals surface area contributed by atoms with E-state index < -0.39 is 0 Å². The summed E-state index contributed by atoms with van der Waals surface area (Å²) in [5.41, 5.74) is 0.916. The Labute approximate surface area is 144 Å². The number of hydrogen-bond acceptors (Lipinski definition) is 4. The second-order valence-electron chi connectivity index (χ2n) is 5.49. The summed E-state index contributed by atoms with van der Waals surface area (Å²) < 4.78 is 5.93. The zero-order valence-corrected chi connectivity index (χ0v) is 14.4. The lowest BCUT2D eigenvalue weighted by molar-refractivity contribution is 0.115. The number of anilines is 1. The molecule has 3 rings (SSSR count). The summed E-state index contributed by atoms with van der Waals surface area (Å²) in [6.07, 6.45) is 1.72. The number of nitrogens with one attached hydrogen (secondary N) is 1. The number of carbonyl (C=O) groups is 1. The van der Waals surface area contributed by atoms with Crippen molar-refractivity contribution in [2.24, 2.45) is 0 Å². The molecule has 0 radical (unpaired) electrons. The number of rotatable bonds is 3. The molecule has 122 valence electrons. The number of halogens is 1. The highest BCUT2D eigenvalue weighted by Crippen LogP contribution is 2.23. The van der Waals surface area contributed by atoms with Gasteiger partial charge < -0.3 is 9.64 Å². The van der Waals surface area contributed by atoms with E-state index in [-0.39, 0.29) is 12.1 Å². The summed E-state index contributed by atoms with van der Waals surface area (Å²) in [7, 11) is 0. The minimum Gasteiger partial charge on any atom is -0.490 e. The molecular formula is C16H18ClN3O2S. The fraction of sp³-hybridized carbons (Fsp3) is 0.375. The van der Waals surface area contributed by atoms with Gasteiger partial charge in [0.1, 0.15) is 11.9 Å². The summed E-state index contributed by atoms with van der Waals surface area (Å²) in [5, 5.41) is 6.07. The van der Waals surface area contributed by atoms with E-state index in [1.807, 2.05) is 36.6 Å². The predicted octanol–water partition coefficient (Wildman–Crippen LogP) is 4.18. The van der Waals surface area contributed by atoms with Crippen LogP contribution in [-0.4, -0.2) is 35.1 Å². The van der Waals surface area contributed by atoms with Crippen molar-refractivity contribution in [1.82, 2.24) is 9.88 Å². The first-order valence-electron chi connectivity index (χ1n) is 7.50. The molecule has 2 amide bonds. The number of piperidine rings is 1. The van der Waals surface area contributed by atoms with Gasteiger partial charge in [-0.1, -0.05) is 17.7 Å². The summed E-state index contributed by atoms with van der Waals surface area (Å²) in [4.78, 5) is 18.3. The zero-order valence-electron chi connectivity index (χ0n) is 12.8. The molecule has 0 spiro atoms. The maximum Gasteiger partial charge on any atom is 0.323 e. The second kappa shape index (κ2) is 7.19. The van der Waals surface area contributed by atoms with E-state index in [1.54, 1.807) is 4.90 Å². The number of hydrogen-bond donors (Lipinski definition) is 1. The average Bonchev–Trinajstić information content (AvgIpc) is 2.93. The van der Waals surface area contributed by atoms with Gasteiger partial charge in [-0.2, -0.15) is 0 Å². The molecule has 1 aromatic heterocycles. The summed E-state index contributed by atoms with van der Waals surface area (Å²) in [5.74, 6) is 0.777. The maximum absolute atomic E-state index is 12.2. The maximum atomic E-state index is 12.2. The highest BCUT2D eigenvalue weighted by atomic mass is 35.5. The summed E-state index contributed by atoms with van der Waals surface area (Å²) >= 11 is 7.40. The average molecular weight is 352 g/mol. The van der Waals surface area contributed by atoms with Crippen LogP contribution in [-0.2, 0) is 0 Å². The third-order valence-corrected chi connectivity index (χ3v) is 4.77. The van der Waals surface area contributed by atoms with Gasteiger partial charge in [0.25, 0.3) is 0 Å². The standard InChI is InChI=1S/C16H18ClN3O2S/c1-11-10-23-15(18-11)19-16(21)20-7-5-13(6-8-20)22-14-4-2-3-12(17)9-14/h2-4,9-10,13H,5-8H2,1H3,(H,18,19,21). The Morgan fingerprint density at radius 1 is 1.43 bits per heavy atom. The molecule has 5 nitrogen and oxygen atoms in total. The van der Waals surface area contributed by atoms with Crippen LogP contribution in [0, 0.1) is 6.92 Å². The topological polar surface area (TPSA) is 54.5 Å². The number of carbonyl (C=O) groups excluding carboxylic acids is 1. The third-order valence-electron chi connectivity index (χ3n) is 3.66. The van der Waals surface area contributed by atoms with Crippen LogP contribution < -0.4 is 10.1 Å². The predicted molar refractivity (Wildman–Crippen MR) is 92.5 cm³/mol. The highest BCUT2D eigenvalue weighted by molar-refractivity contribution is 7.13. The smallest absolute Gasteiger partial charge is 0.323 e. The Balaban J connectivity index is 1.49. The van der Waals surface area contributed by atoms with Crippen LogP contribution in [0.3, 0.4) is 0 Å². The Hall–Kier alpha value is -1.79. The van der Waals surface area contributed by atoms with E-state index in [0.29, 0.717) is 23.2 Å². The number of likely N-dealkylation sites (tertiary alicyclic amines) is 1. The van der Waals surface area contributed by atoms with Crippen LogP contribution in [0.15, 0.2) is 29.6 Å². The van der Waals surface area contributed by atoms with Gasteiger partial charge in [0.05, 0.1) is 5.69 Å². The molecule has 1 N–H and O–H groups in total. The van der Waals surface area contributed by atoms with Crippen LogP contribution in [0.2, 0.25) is 5.02 Å². The first kappa shape index (κ1) is 16.1. The van der Waals surface area contributed by atoms with Gasteiger partial charge in [-0.05, 0) is 25.1 Å². The van der Waals surface area contributed by atoms with Gasteiger partial charge in [-0.25, -0.2) is 9.78 Å². The van der Waals surface area contributed by atoms with Crippen LogP contribution in [0.4, 0.5) is 9.93 Å². The molecule has 1 saturated heterocycles. The van der Waals surface area contributed by atoms with E-state index in [9.17, 15) is 4.79 Å². The van der Waals surface area contributed by atoms with Crippen molar-refractivity contribution in [3.05, 3.63) is 40.4 Å². The highest BCUT2D eigenvalue weighted by Gasteiger charge is 2.24. The molecule has 2 aromatic rings. The quantitative estimate of drug-likeness (QED) is 0.902. The number of thiazole rings is 1. The molecule has 0 saturated carbocycles. The Bertz CT molecular complexity index is 683. The first-order chi connectivity index (χ1) is 11.1. The van der Waals surface area contributed by atoms with E-state index in [2.05, 4.69) is 10.3 Å². The molecule has 1 aliphatic heterocycles. The van der Waals surface area contributed by atoms with Crippen LogP contribution in [0.25, 0.3) is 0 Å². The largest absolute Gasteiger partial charge is 0.490 e. The minimum absolute atomic E-state index is 0.0967. The van der Waals surface area contributed by atoms with E-state index in [1.165, 1.54) is 11.3 Å². The van der Waals surface area contributed by atoms with Crippen molar-refractivity contribution in [3.63, 3.8) is 0 Å². The van der Waals surface area contributed by atoms with Crippen molar-refractivity contribution >= 4 is 34.1 Å². The number of aryl methyl sites for hydroxylation is 1. The molecule has 7 heteroatoms. The van der Waals surface area contributed by atoms with Crippen molar-refractivity contribution in [1.29, 1.82) is 0 Å². The van der Waals surface area contributed by atoms with E-state index in [4.69, 9.17) is 16.3 Å². The summed E-state index contributed by atoms with van der Waals surface area (Å²) in [6.45, 7) is 3.24. The van der Waals surface area contributed by atoms with Crippen molar-refractivity contribution in [2.75, 3.05) is 18.4 Å². The summed E-state index contributed by atoms with van der Waals surface area (Å²) in [6, 6.07) is 7.31. The lowest BCUT2D eigenvalue weighted by Gasteiger charge is -2.32. The number of nitrogens with zero attached hydrogens (tertiary/aromatic N) is 2. The van der Waals surface area contributed by atoms with Gasteiger partial charge in [-0.15, -0.1) is 11.3 Å². The number of ether oxygens (including phenoxy) is 1. The molecule has 23 heavy (non-hydrogen) atoms. The lowest BCUT2D eigenvalue weighted by Crippen LogP contribution is -2.43. The lowest BCUT2D eigenvalue weighted by atomic mass is 10.1. The van der Waals surface area contributed by atoms with Gasteiger partial charge in [0.2, 0.25) is 0 Å². The molecule has 2 heterocycles. The van der Waals surface area contributed by atoms with Gasteiger partial charge in [0.15, 0.2) is 5.13 Å². The van der Waals surface area contributed by atoms with E-state index in [0.717, 1.165) is 24.3 Å². The molecule has 1 fully saturated rings. The number of amides is 2. The number of aromatic nitrogens is 1. The van der Waals surface area contributed by atoms with Crippen molar-refractivity contribution in [3.8, 4) is 5.75 Å². The van der Waals surface area contributed by atoms with E-state index >= 15 is 0 Å². The monoisotopic (exact) mass is 351 g/mol. The Morgan fingerprint density at radius 2 is 2.22 bits per heavy atom. The Kier molecular flexibility index (Phi) is 5.03. The SMILES string of the molecule is Cc1csc(NC(=O)N2CCC(Oc3cccc(Cl)c3)CC2)n1. The van der Waals surface area contributed by atoms with Crippen LogP contribution >= 0.6 is 22.9 Å². The third kappa shape index (κ3) is 4.36. The normalized spacial score (nSPS) is 15.5. The second-order valence-corrected chi connectivity index (χ2v) is 6.78. The molecule has 0 bridgehead atoms. The number of urea groups is 1.